The fourth-order valence-corrected chi connectivity index (χ4v) is 5.08. The van der Waals surface area contributed by atoms with Crippen LogP contribution >= 0.6 is 11.8 Å². The Hall–Kier alpha value is -4.37. The second-order valence-corrected chi connectivity index (χ2v) is 9.23. The molecule has 180 valence electrons. The molecule has 0 amide bonds. The minimum absolute atomic E-state index is 0.000748. The van der Waals surface area contributed by atoms with Gasteiger partial charge in [-0.15, -0.1) is 0 Å². The fraction of sp³-hybridized carbons (Fsp3) is 0.111. The molecule has 0 saturated heterocycles. The number of benzene rings is 3. The van der Waals surface area contributed by atoms with E-state index in [0.717, 1.165) is 17.3 Å². The molecule has 0 radical (unpaired) electrons. The van der Waals surface area contributed by atoms with E-state index in [2.05, 4.69) is 0 Å². The van der Waals surface area contributed by atoms with Crippen molar-refractivity contribution in [3.05, 3.63) is 93.1 Å². The highest BCUT2D eigenvalue weighted by molar-refractivity contribution is 7.99. The predicted molar refractivity (Wildman–Crippen MR) is 135 cm³/mol. The number of hydrogen-bond donors (Lipinski definition) is 1. The van der Waals surface area contributed by atoms with Crippen molar-refractivity contribution in [1.82, 2.24) is 4.57 Å². The zero-order valence-corrected chi connectivity index (χ0v) is 19.8. The largest absolute Gasteiger partial charge is 0.505 e. The first-order valence-electron chi connectivity index (χ1n) is 11.1. The molecule has 1 N–H and O–H groups in total. The van der Waals surface area contributed by atoms with E-state index in [-0.39, 0.29) is 29.2 Å². The van der Waals surface area contributed by atoms with Gasteiger partial charge < -0.3 is 28.3 Å². The molecular formula is C27H19NO7S. The van der Waals surface area contributed by atoms with Crippen LogP contribution in [0.2, 0.25) is 0 Å². The smallest absolute Gasteiger partial charge is 0.354 e. The monoisotopic (exact) mass is 501 g/mol. The maximum atomic E-state index is 13.8. The Kier molecular flexibility index (Phi) is 5.34. The standard InChI is InChI=1S/C27H19NO7S/c1-32-16-7-9-17(10-8-16)36-25-23(29)22-24(35-27(25)31)18-11-20-21(34-14-33-20)12-19(18)28(26(22)30)13-15-5-3-2-4-6-15/h2-12,29H,13-14H2,1H3. The maximum Gasteiger partial charge on any atom is 0.354 e. The van der Waals surface area contributed by atoms with E-state index in [1.807, 2.05) is 30.3 Å². The summed E-state index contributed by atoms with van der Waals surface area (Å²) in [7, 11) is 1.56. The van der Waals surface area contributed by atoms with Crippen molar-refractivity contribution in [3.63, 3.8) is 0 Å². The van der Waals surface area contributed by atoms with Gasteiger partial charge in [0.15, 0.2) is 22.8 Å². The van der Waals surface area contributed by atoms with Gasteiger partial charge in [-0.05, 0) is 35.9 Å². The minimum atomic E-state index is -0.750. The van der Waals surface area contributed by atoms with E-state index in [1.165, 1.54) is 4.57 Å². The Bertz CT molecular complexity index is 1740. The summed E-state index contributed by atoms with van der Waals surface area (Å²) in [6.45, 7) is 0.287. The van der Waals surface area contributed by atoms with E-state index in [9.17, 15) is 14.7 Å². The zero-order chi connectivity index (χ0) is 24.8. The van der Waals surface area contributed by atoms with Crippen molar-refractivity contribution in [2.45, 2.75) is 16.3 Å². The van der Waals surface area contributed by atoms with Gasteiger partial charge in [-0.2, -0.15) is 0 Å². The third-order valence-electron chi connectivity index (χ3n) is 6.01. The normalized spacial score (nSPS) is 12.4. The molecule has 0 saturated carbocycles. The van der Waals surface area contributed by atoms with Crippen LogP contribution in [0.4, 0.5) is 0 Å². The van der Waals surface area contributed by atoms with Crippen molar-refractivity contribution in [2.75, 3.05) is 13.9 Å². The summed E-state index contributed by atoms with van der Waals surface area (Å²) in [6, 6.07) is 19.8. The van der Waals surface area contributed by atoms with E-state index in [4.69, 9.17) is 18.6 Å². The number of aromatic hydroxyl groups is 1. The van der Waals surface area contributed by atoms with Crippen molar-refractivity contribution in [2.24, 2.45) is 0 Å². The number of nitrogens with zero attached hydrogens (tertiary/aromatic N) is 1. The first-order valence-corrected chi connectivity index (χ1v) is 11.9. The lowest BCUT2D eigenvalue weighted by atomic mass is 10.1. The second-order valence-electron chi connectivity index (χ2n) is 8.15. The zero-order valence-electron chi connectivity index (χ0n) is 19.0. The Morgan fingerprint density at radius 2 is 1.72 bits per heavy atom. The predicted octanol–water partition coefficient (Wildman–Crippen LogP) is 4.75. The molecule has 0 fully saturated rings. The minimum Gasteiger partial charge on any atom is -0.505 e. The van der Waals surface area contributed by atoms with Gasteiger partial charge >= 0.3 is 5.63 Å². The van der Waals surface area contributed by atoms with Gasteiger partial charge in [0, 0.05) is 16.3 Å². The molecule has 1 aliphatic heterocycles. The molecule has 3 heterocycles. The molecular weight excluding hydrogens is 482 g/mol. The van der Waals surface area contributed by atoms with Gasteiger partial charge in [-0.25, -0.2) is 4.79 Å². The third kappa shape index (κ3) is 3.64. The molecule has 3 aromatic carbocycles. The van der Waals surface area contributed by atoms with E-state index in [0.29, 0.717) is 33.0 Å². The lowest BCUT2D eigenvalue weighted by Gasteiger charge is -2.15. The molecule has 0 unspecified atom stereocenters. The Morgan fingerprint density at radius 3 is 2.44 bits per heavy atom. The Labute approximate surface area is 208 Å². The van der Waals surface area contributed by atoms with E-state index < -0.39 is 16.9 Å². The molecule has 6 rings (SSSR count). The van der Waals surface area contributed by atoms with Gasteiger partial charge in [-0.1, -0.05) is 42.1 Å². The van der Waals surface area contributed by atoms with Crippen LogP contribution in [0, 0.1) is 0 Å². The molecule has 0 spiro atoms. The lowest BCUT2D eigenvalue weighted by molar-refractivity contribution is 0.174. The van der Waals surface area contributed by atoms with Crippen molar-refractivity contribution < 1.29 is 23.7 Å². The first-order chi connectivity index (χ1) is 17.5. The topological polar surface area (TPSA) is 100 Å². The quantitative estimate of drug-likeness (QED) is 0.345. The SMILES string of the molecule is COc1ccc(Sc2c(O)c3c(=O)n(Cc4ccccc4)c4cc5c(cc4c3oc2=O)OCO5)cc1. The molecule has 0 atom stereocenters. The van der Waals surface area contributed by atoms with Crippen LogP contribution in [-0.4, -0.2) is 23.6 Å². The first kappa shape index (κ1) is 22.1. The maximum absolute atomic E-state index is 13.8. The highest BCUT2D eigenvalue weighted by atomic mass is 32.2. The van der Waals surface area contributed by atoms with Gasteiger partial charge in [-0.3, -0.25) is 4.79 Å². The average molecular weight is 502 g/mol. The molecule has 9 heteroatoms. The molecule has 0 aliphatic carbocycles. The summed E-state index contributed by atoms with van der Waals surface area (Å²) >= 11 is 1.01. The van der Waals surface area contributed by atoms with E-state index in [1.54, 1.807) is 43.5 Å². The van der Waals surface area contributed by atoms with Crippen LogP contribution in [0.25, 0.3) is 21.9 Å². The molecule has 5 aromatic rings. The van der Waals surface area contributed by atoms with Gasteiger partial charge in [0.25, 0.3) is 5.56 Å². The summed E-state index contributed by atoms with van der Waals surface area (Å²) < 4.78 is 23.4. The highest BCUT2D eigenvalue weighted by Gasteiger charge is 2.25. The summed E-state index contributed by atoms with van der Waals surface area (Å²) in [5.74, 6) is 1.19. The summed E-state index contributed by atoms with van der Waals surface area (Å²) in [6.07, 6.45) is 0. The van der Waals surface area contributed by atoms with E-state index >= 15 is 0 Å². The second kappa shape index (κ2) is 8.69. The fourth-order valence-electron chi connectivity index (χ4n) is 4.25. The molecule has 8 nitrogen and oxygen atoms in total. The summed E-state index contributed by atoms with van der Waals surface area (Å²) in [4.78, 5) is 27.4. The number of rotatable bonds is 5. The molecule has 36 heavy (non-hydrogen) atoms. The Balaban J connectivity index is 1.61. The van der Waals surface area contributed by atoms with Gasteiger partial charge in [0.1, 0.15) is 16.0 Å². The van der Waals surface area contributed by atoms with Crippen LogP contribution < -0.4 is 25.4 Å². The molecule has 1 aliphatic rings. The number of hydrogen-bond acceptors (Lipinski definition) is 8. The van der Waals surface area contributed by atoms with Crippen molar-refractivity contribution >= 4 is 33.6 Å². The summed E-state index contributed by atoms with van der Waals surface area (Å²) in [5.41, 5.74) is 0.151. The third-order valence-corrected chi connectivity index (χ3v) is 7.08. The molecule has 2 aromatic heterocycles. The van der Waals surface area contributed by atoms with Crippen LogP contribution in [0.5, 0.6) is 23.0 Å². The number of pyridine rings is 1. The number of fused-ring (bicyclic) bond motifs is 4. The summed E-state index contributed by atoms with van der Waals surface area (Å²) in [5, 5.41) is 11.6. The number of methoxy groups -OCH3 is 1. The van der Waals surface area contributed by atoms with Crippen LogP contribution in [0.1, 0.15) is 5.56 Å². The number of aromatic nitrogens is 1. The highest BCUT2D eigenvalue weighted by Crippen LogP contribution is 2.41. The van der Waals surface area contributed by atoms with Crippen molar-refractivity contribution in [3.8, 4) is 23.0 Å². The van der Waals surface area contributed by atoms with Gasteiger partial charge in [0.2, 0.25) is 6.79 Å². The lowest BCUT2D eigenvalue weighted by Crippen LogP contribution is -2.22. The Morgan fingerprint density at radius 1 is 1.00 bits per heavy atom. The van der Waals surface area contributed by atoms with Crippen LogP contribution in [0.3, 0.4) is 0 Å². The number of ether oxygens (including phenoxy) is 3. The van der Waals surface area contributed by atoms with Crippen molar-refractivity contribution in [1.29, 1.82) is 0 Å². The molecule has 0 bridgehead atoms. The van der Waals surface area contributed by atoms with Crippen LogP contribution in [-0.2, 0) is 6.54 Å². The average Bonchev–Trinajstić information content (AvgIpc) is 3.36. The van der Waals surface area contributed by atoms with Gasteiger partial charge in [0.05, 0.1) is 19.2 Å². The van der Waals surface area contributed by atoms with Crippen LogP contribution in [0.15, 0.2) is 90.5 Å².